The summed E-state index contributed by atoms with van der Waals surface area (Å²) in [6.45, 7) is 4.99. The summed E-state index contributed by atoms with van der Waals surface area (Å²) in [5.74, 6) is 1.30. The minimum Gasteiger partial charge on any atom is -0.481 e. The smallest absolute Gasteiger partial charge is 0.262 e. The lowest BCUT2D eigenvalue weighted by Gasteiger charge is -2.28. The molecule has 0 saturated carbocycles. The van der Waals surface area contributed by atoms with Crippen molar-refractivity contribution in [1.29, 1.82) is 0 Å². The molecule has 0 bridgehead atoms. The van der Waals surface area contributed by atoms with Crippen molar-refractivity contribution in [2.75, 3.05) is 43.1 Å². The van der Waals surface area contributed by atoms with Gasteiger partial charge in [0.1, 0.15) is 17.1 Å². The lowest BCUT2D eigenvalue weighted by atomic mass is 10.2. The Kier molecular flexibility index (Phi) is 5.39. The third kappa shape index (κ3) is 4.23. The van der Waals surface area contributed by atoms with Crippen LogP contribution in [0.3, 0.4) is 0 Å². The molecule has 0 unspecified atom stereocenters. The van der Waals surface area contributed by atoms with Crippen LogP contribution in [0.4, 0.5) is 11.5 Å². The fraction of sp³-hybridized carbons (Fsp3) is 0.273. The van der Waals surface area contributed by atoms with E-state index in [-0.39, 0.29) is 12.5 Å². The van der Waals surface area contributed by atoms with Crippen LogP contribution >= 0.6 is 0 Å². The predicted molar refractivity (Wildman–Crippen MR) is 110 cm³/mol. The molecule has 28 heavy (non-hydrogen) atoms. The molecule has 6 heteroatoms. The van der Waals surface area contributed by atoms with E-state index in [1.54, 1.807) is 0 Å². The number of fused-ring (bicyclic) bond motifs is 1. The third-order valence-electron chi connectivity index (χ3n) is 4.70. The van der Waals surface area contributed by atoms with Gasteiger partial charge in [0.2, 0.25) is 0 Å². The molecule has 0 atom stereocenters. The molecule has 4 rings (SSSR count). The van der Waals surface area contributed by atoms with Gasteiger partial charge in [-0.05, 0) is 37.3 Å². The first kappa shape index (κ1) is 18.3. The lowest BCUT2D eigenvalue weighted by Crippen LogP contribution is -2.36. The summed E-state index contributed by atoms with van der Waals surface area (Å²) in [6.07, 6.45) is 0. The van der Waals surface area contributed by atoms with Gasteiger partial charge in [-0.2, -0.15) is 0 Å². The molecule has 1 aliphatic rings. The van der Waals surface area contributed by atoms with E-state index >= 15 is 0 Å². The van der Waals surface area contributed by atoms with Crippen molar-refractivity contribution in [1.82, 2.24) is 4.98 Å². The van der Waals surface area contributed by atoms with Crippen molar-refractivity contribution in [3.05, 3.63) is 60.2 Å². The van der Waals surface area contributed by atoms with Crippen molar-refractivity contribution in [3.8, 4) is 5.75 Å². The number of carbonyl (C=O) groups excluding carboxylic acids is 1. The van der Waals surface area contributed by atoms with Crippen LogP contribution in [0, 0.1) is 6.92 Å². The zero-order valence-electron chi connectivity index (χ0n) is 15.9. The maximum Gasteiger partial charge on any atom is 0.262 e. The van der Waals surface area contributed by atoms with Gasteiger partial charge in [0.15, 0.2) is 6.61 Å². The molecule has 0 aliphatic carbocycles. The van der Waals surface area contributed by atoms with Gasteiger partial charge in [-0.1, -0.05) is 29.8 Å². The Bertz CT molecular complexity index is 966. The summed E-state index contributed by atoms with van der Waals surface area (Å²) >= 11 is 0. The fourth-order valence-corrected chi connectivity index (χ4v) is 3.17. The van der Waals surface area contributed by atoms with Crippen LogP contribution in [0.15, 0.2) is 54.6 Å². The summed E-state index contributed by atoms with van der Waals surface area (Å²) in [4.78, 5) is 19.2. The first-order valence-corrected chi connectivity index (χ1v) is 9.41. The molecule has 1 aromatic heterocycles. The highest BCUT2D eigenvalue weighted by Gasteiger charge is 2.14. The van der Waals surface area contributed by atoms with E-state index in [0.717, 1.165) is 41.1 Å². The molecule has 2 aromatic carbocycles. The third-order valence-corrected chi connectivity index (χ3v) is 4.70. The molecule has 0 radical (unpaired) electrons. The number of carbonyl (C=O) groups is 1. The number of para-hydroxylation sites is 1. The van der Waals surface area contributed by atoms with Gasteiger partial charge in [0.05, 0.1) is 13.2 Å². The van der Waals surface area contributed by atoms with Gasteiger partial charge >= 0.3 is 0 Å². The first-order valence-electron chi connectivity index (χ1n) is 9.41. The monoisotopic (exact) mass is 377 g/mol. The average molecular weight is 377 g/mol. The highest BCUT2D eigenvalue weighted by atomic mass is 16.5. The average Bonchev–Trinajstić information content (AvgIpc) is 2.74. The summed E-state index contributed by atoms with van der Waals surface area (Å²) in [5, 5.41) is 3.82. The Hall–Kier alpha value is -3.12. The standard InChI is InChI=1S/C22H23N3O3/c1-16-5-8-18(9-6-16)23-21(26)15-28-19-4-2-3-17-7-10-20(24-22(17)19)25-11-13-27-14-12-25/h2-10H,11-15H2,1H3,(H,23,26). The van der Waals surface area contributed by atoms with E-state index in [9.17, 15) is 4.79 Å². The normalized spacial score (nSPS) is 14.1. The number of aryl methyl sites for hydroxylation is 1. The van der Waals surface area contributed by atoms with Crippen LogP contribution in [0.2, 0.25) is 0 Å². The largest absolute Gasteiger partial charge is 0.481 e. The lowest BCUT2D eigenvalue weighted by molar-refractivity contribution is -0.118. The van der Waals surface area contributed by atoms with Crippen molar-refractivity contribution in [2.45, 2.75) is 6.92 Å². The molecule has 0 spiro atoms. The number of rotatable bonds is 5. The second-order valence-electron chi connectivity index (χ2n) is 6.80. The molecule has 3 aromatic rings. The quantitative estimate of drug-likeness (QED) is 0.738. The van der Waals surface area contributed by atoms with E-state index in [1.807, 2.05) is 61.5 Å². The summed E-state index contributed by atoms with van der Waals surface area (Å²) in [7, 11) is 0. The number of pyridine rings is 1. The van der Waals surface area contributed by atoms with Gasteiger partial charge in [0, 0.05) is 24.2 Å². The van der Waals surface area contributed by atoms with Gasteiger partial charge < -0.3 is 19.7 Å². The van der Waals surface area contributed by atoms with Crippen LogP contribution in [0.1, 0.15) is 5.56 Å². The van der Waals surface area contributed by atoms with E-state index in [4.69, 9.17) is 14.5 Å². The van der Waals surface area contributed by atoms with E-state index in [0.29, 0.717) is 19.0 Å². The highest BCUT2D eigenvalue weighted by Crippen LogP contribution is 2.27. The molecule has 2 heterocycles. The van der Waals surface area contributed by atoms with Crippen LogP contribution in [-0.4, -0.2) is 43.8 Å². The topological polar surface area (TPSA) is 63.7 Å². The van der Waals surface area contributed by atoms with Crippen LogP contribution in [0.25, 0.3) is 10.9 Å². The highest BCUT2D eigenvalue weighted by molar-refractivity contribution is 5.92. The predicted octanol–water partition coefficient (Wildman–Crippen LogP) is 3.40. The molecule has 1 aliphatic heterocycles. The number of benzene rings is 2. The van der Waals surface area contributed by atoms with Crippen LogP contribution in [0.5, 0.6) is 5.75 Å². The molecule has 1 N–H and O–H groups in total. The van der Waals surface area contributed by atoms with Gasteiger partial charge in [-0.25, -0.2) is 4.98 Å². The maximum absolute atomic E-state index is 12.2. The van der Waals surface area contributed by atoms with Crippen molar-refractivity contribution in [3.63, 3.8) is 0 Å². The summed E-state index contributed by atoms with van der Waals surface area (Å²) in [5.41, 5.74) is 2.66. The van der Waals surface area contributed by atoms with Gasteiger partial charge in [-0.3, -0.25) is 4.79 Å². The molecule has 1 amide bonds. The second-order valence-corrected chi connectivity index (χ2v) is 6.80. The molecular formula is C22H23N3O3. The number of hydrogen-bond acceptors (Lipinski definition) is 5. The van der Waals surface area contributed by atoms with E-state index in [2.05, 4.69) is 10.2 Å². The van der Waals surface area contributed by atoms with Crippen molar-refractivity contribution in [2.24, 2.45) is 0 Å². The van der Waals surface area contributed by atoms with E-state index < -0.39 is 0 Å². The minimum absolute atomic E-state index is 0.0730. The Morgan fingerprint density at radius 3 is 2.68 bits per heavy atom. The van der Waals surface area contributed by atoms with E-state index in [1.165, 1.54) is 0 Å². The zero-order valence-corrected chi connectivity index (χ0v) is 15.9. The molecule has 144 valence electrons. The summed E-state index contributed by atoms with van der Waals surface area (Å²) in [6, 6.07) is 17.5. The Balaban J connectivity index is 1.48. The van der Waals surface area contributed by atoms with Crippen molar-refractivity contribution < 1.29 is 14.3 Å². The SMILES string of the molecule is Cc1ccc(NC(=O)COc2cccc3ccc(N4CCOCC4)nc23)cc1. The number of ether oxygens (including phenoxy) is 2. The van der Waals surface area contributed by atoms with Gasteiger partial charge in [0.25, 0.3) is 5.91 Å². The number of aromatic nitrogens is 1. The Morgan fingerprint density at radius 2 is 1.89 bits per heavy atom. The minimum atomic E-state index is -0.204. The maximum atomic E-state index is 12.2. The second kappa shape index (κ2) is 8.27. The van der Waals surface area contributed by atoms with Gasteiger partial charge in [-0.15, -0.1) is 0 Å². The number of anilines is 2. The number of nitrogens with one attached hydrogen (secondary N) is 1. The molecule has 1 saturated heterocycles. The zero-order chi connectivity index (χ0) is 19.3. The molecular weight excluding hydrogens is 354 g/mol. The Labute approximate surface area is 164 Å². The number of hydrogen-bond donors (Lipinski definition) is 1. The molecule has 1 fully saturated rings. The van der Waals surface area contributed by atoms with Crippen LogP contribution < -0.4 is 15.0 Å². The fourth-order valence-electron chi connectivity index (χ4n) is 3.17. The number of amides is 1. The summed E-state index contributed by atoms with van der Waals surface area (Å²) < 4.78 is 11.2. The van der Waals surface area contributed by atoms with Crippen LogP contribution in [-0.2, 0) is 9.53 Å². The molecule has 6 nitrogen and oxygen atoms in total. The van der Waals surface area contributed by atoms with Crippen molar-refractivity contribution >= 4 is 28.3 Å². The Morgan fingerprint density at radius 1 is 1.11 bits per heavy atom. The first-order chi connectivity index (χ1) is 13.7. The number of morpholine rings is 1. The number of nitrogens with zero attached hydrogens (tertiary/aromatic N) is 2.